The van der Waals surface area contributed by atoms with Crippen LogP contribution in [0.15, 0.2) is 54.9 Å². The van der Waals surface area contributed by atoms with Gasteiger partial charge in [-0.15, -0.1) is 13.2 Å². The van der Waals surface area contributed by atoms with Gasteiger partial charge in [0.15, 0.2) is 5.69 Å². The summed E-state index contributed by atoms with van der Waals surface area (Å²) in [4.78, 5) is 18.2. The van der Waals surface area contributed by atoms with Crippen LogP contribution in [0.4, 0.5) is 0 Å². The van der Waals surface area contributed by atoms with Gasteiger partial charge in [0.05, 0.1) is 5.52 Å². The molecule has 0 aliphatic carbocycles. The number of pyridine rings is 1. The second-order valence-electron chi connectivity index (χ2n) is 4.76. The topological polar surface area (TPSA) is 71.8 Å². The number of rotatable bonds is 6. The molecule has 0 saturated heterocycles. The van der Waals surface area contributed by atoms with E-state index in [0.717, 1.165) is 6.26 Å². The summed E-state index contributed by atoms with van der Waals surface area (Å²) < 4.78 is 25.1. The summed E-state index contributed by atoms with van der Waals surface area (Å²) in [7, 11) is -3.55. The largest absolute Gasteiger partial charge is 0.330 e. The number of sulfone groups is 1. The third-order valence-corrected chi connectivity index (χ3v) is 3.99. The molecule has 2 rings (SSSR count). The molecule has 0 bridgehead atoms. The fourth-order valence-electron chi connectivity index (χ4n) is 2.13. The van der Waals surface area contributed by atoms with Gasteiger partial charge in [-0.05, 0) is 12.1 Å². The summed E-state index contributed by atoms with van der Waals surface area (Å²) in [6.07, 6.45) is 5.82. The second-order valence-corrected chi connectivity index (χ2v) is 6.67. The van der Waals surface area contributed by atoms with E-state index in [4.69, 9.17) is 0 Å². The van der Waals surface area contributed by atoms with E-state index in [-0.39, 0.29) is 16.8 Å². The number of carbonyl (C=O) groups is 1. The Labute approximate surface area is 129 Å². The van der Waals surface area contributed by atoms with Gasteiger partial charge in [-0.3, -0.25) is 9.20 Å². The van der Waals surface area contributed by atoms with E-state index in [1.165, 1.54) is 9.30 Å². The number of carbonyl (C=O) groups excluding carboxylic acids is 1. The minimum Gasteiger partial charge on any atom is -0.330 e. The van der Waals surface area contributed by atoms with Crippen LogP contribution in [0.1, 0.15) is 10.5 Å². The van der Waals surface area contributed by atoms with Crippen molar-refractivity contribution >= 4 is 21.3 Å². The molecule has 1 amide bonds. The molecule has 0 aromatic carbocycles. The summed E-state index contributed by atoms with van der Waals surface area (Å²) in [5, 5.41) is -0.149. The highest BCUT2D eigenvalue weighted by molar-refractivity contribution is 7.90. The molecule has 116 valence electrons. The van der Waals surface area contributed by atoms with Crippen molar-refractivity contribution in [2.45, 2.75) is 5.16 Å². The minimum absolute atomic E-state index is 0.102. The standard InChI is InChI=1S/C15H17N3O3S/c1-4-9-17(10-5-2)14(19)13-12-8-6-7-11-18(12)15(16-13)22(3,20)21/h4-8,11H,1-2,9-10H2,3H3. The molecule has 0 radical (unpaired) electrons. The van der Waals surface area contributed by atoms with Crippen LogP contribution in [0.3, 0.4) is 0 Å². The van der Waals surface area contributed by atoms with Crippen LogP contribution >= 0.6 is 0 Å². The number of hydrogen-bond acceptors (Lipinski definition) is 4. The fourth-order valence-corrected chi connectivity index (χ4v) is 2.90. The third-order valence-electron chi connectivity index (χ3n) is 3.04. The highest BCUT2D eigenvalue weighted by Crippen LogP contribution is 2.18. The summed E-state index contributed by atoms with van der Waals surface area (Å²) in [6.45, 7) is 7.88. The molecule has 2 aromatic rings. The molecule has 0 atom stereocenters. The molecule has 0 unspecified atom stereocenters. The Hall–Kier alpha value is -2.41. The Morgan fingerprint density at radius 3 is 2.50 bits per heavy atom. The minimum atomic E-state index is -3.55. The van der Waals surface area contributed by atoms with Crippen molar-refractivity contribution in [1.82, 2.24) is 14.3 Å². The van der Waals surface area contributed by atoms with Gasteiger partial charge in [0.1, 0.15) is 0 Å². The Bertz CT molecular complexity index is 827. The number of amides is 1. The molecule has 0 spiro atoms. The van der Waals surface area contributed by atoms with Crippen LogP contribution < -0.4 is 0 Å². The molecule has 0 fully saturated rings. The lowest BCUT2D eigenvalue weighted by molar-refractivity contribution is 0.0787. The lowest BCUT2D eigenvalue weighted by Gasteiger charge is -2.18. The van der Waals surface area contributed by atoms with Gasteiger partial charge in [-0.2, -0.15) is 0 Å². The highest BCUT2D eigenvalue weighted by Gasteiger charge is 2.25. The van der Waals surface area contributed by atoms with E-state index in [9.17, 15) is 13.2 Å². The van der Waals surface area contributed by atoms with Gasteiger partial charge >= 0.3 is 0 Å². The molecule has 2 aromatic heterocycles. The SMILES string of the molecule is C=CCN(CC=C)C(=O)c1nc(S(C)(=O)=O)n2ccccc12. The molecule has 0 N–H and O–H groups in total. The van der Waals surface area contributed by atoms with Crippen LogP contribution in [-0.4, -0.2) is 48.0 Å². The summed E-state index contributed by atoms with van der Waals surface area (Å²) >= 11 is 0. The molecule has 0 aliphatic heterocycles. The van der Waals surface area contributed by atoms with E-state index in [0.29, 0.717) is 18.6 Å². The van der Waals surface area contributed by atoms with Crippen molar-refractivity contribution in [2.24, 2.45) is 0 Å². The van der Waals surface area contributed by atoms with Gasteiger partial charge in [-0.25, -0.2) is 13.4 Å². The van der Waals surface area contributed by atoms with Crippen molar-refractivity contribution in [3.8, 4) is 0 Å². The smallest absolute Gasteiger partial charge is 0.275 e. The molecule has 6 nitrogen and oxygen atoms in total. The number of aromatic nitrogens is 2. The van der Waals surface area contributed by atoms with Crippen molar-refractivity contribution in [3.05, 3.63) is 55.4 Å². The maximum absolute atomic E-state index is 12.6. The van der Waals surface area contributed by atoms with E-state index < -0.39 is 9.84 Å². The summed E-state index contributed by atoms with van der Waals surface area (Å²) in [6, 6.07) is 5.07. The van der Waals surface area contributed by atoms with Crippen molar-refractivity contribution in [2.75, 3.05) is 19.3 Å². The zero-order chi connectivity index (χ0) is 16.3. The lowest BCUT2D eigenvalue weighted by Crippen LogP contribution is -2.31. The fraction of sp³-hybridized carbons (Fsp3) is 0.200. The average Bonchev–Trinajstić information content (AvgIpc) is 2.86. The maximum atomic E-state index is 12.6. The molecule has 0 aliphatic rings. The Balaban J connectivity index is 2.63. The highest BCUT2D eigenvalue weighted by atomic mass is 32.2. The summed E-state index contributed by atoms with van der Waals surface area (Å²) in [5.74, 6) is -0.363. The van der Waals surface area contributed by atoms with Crippen molar-refractivity contribution < 1.29 is 13.2 Å². The number of imidazole rings is 1. The normalized spacial score (nSPS) is 11.3. The molecule has 22 heavy (non-hydrogen) atoms. The van der Waals surface area contributed by atoms with Crippen LogP contribution in [0.25, 0.3) is 5.52 Å². The quantitative estimate of drug-likeness (QED) is 0.757. The lowest BCUT2D eigenvalue weighted by atomic mass is 10.3. The van der Waals surface area contributed by atoms with Crippen molar-refractivity contribution in [3.63, 3.8) is 0 Å². The first-order valence-corrected chi connectivity index (χ1v) is 8.47. The van der Waals surface area contributed by atoms with Gasteiger partial charge in [0, 0.05) is 25.5 Å². The monoisotopic (exact) mass is 319 g/mol. The van der Waals surface area contributed by atoms with Gasteiger partial charge < -0.3 is 4.90 Å². The van der Waals surface area contributed by atoms with Gasteiger partial charge in [0.2, 0.25) is 15.0 Å². The maximum Gasteiger partial charge on any atom is 0.275 e. The van der Waals surface area contributed by atoms with Crippen LogP contribution in [0.2, 0.25) is 0 Å². The van der Waals surface area contributed by atoms with E-state index in [1.807, 2.05) is 0 Å². The van der Waals surface area contributed by atoms with Crippen LogP contribution in [-0.2, 0) is 9.84 Å². The van der Waals surface area contributed by atoms with E-state index in [1.54, 1.807) is 36.5 Å². The predicted molar refractivity (Wildman–Crippen MR) is 84.6 cm³/mol. The van der Waals surface area contributed by atoms with E-state index >= 15 is 0 Å². The second kappa shape index (κ2) is 6.15. The summed E-state index contributed by atoms with van der Waals surface area (Å²) in [5.41, 5.74) is 0.552. The molecular formula is C15H17N3O3S. The Kier molecular flexibility index (Phi) is 4.46. The third kappa shape index (κ3) is 2.94. The average molecular weight is 319 g/mol. The first kappa shape index (κ1) is 16.0. The predicted octanol–water partition coefficient (Wildman–Crippen LogP) is 1.55. The number of hydrogen-bond donors (Lipinski definition) is 0. The van der Waals surface area contributed by atoms with E-state index in [2.05, 4.69) is 18.1 Å². The van der Waals surface area contributed by atoms with Crippen molar-refractivity contribution in [1.29, 1.82) is 0 Å². The molecule has 7 heteroatoms. The van der Waals surface area contributed by atoms with Crippen LogP contribution in [0.5, 0.6) is 0 Å². The van der Waals surface area contributed by atoms with Crippen LogP contribution in [0, 0.1) is 0 Å². The number of fused-ring (bicyclic) bond motifs is 1. The van der Waals surface area contributed by atoms with Gasteiger partial charge in [0.25, 0.3) is 5.91 Å². The zero-order valence-electron chi connectivity index (χ0n) is 12.3. The Morgan fingerprint density at radius 2 is 1.95 bits per heavy atom. The molecule has 2 heterocycles. The zero-order valence-corrected chi connectivity index (χ0v) is 13.1. The molecular weight excluding hydrogens is 302 g/mol. The number of nitrogens with zero attached hydrogens (tertiary/aromatic N) is 3. The first-order chi connectivity index (χ1) is 10.4. The Morgan fingerprint density at radius 1 is 1.32 bits per heavy atom. The molecule has 0 saturated carbocycles. The van der Waals surface area contributed by atoms with Gasteiger partial charge in [-0.1, -0.05) is 18.2 Å². The first-order valence-electron chi connectivity index (χ1n) is 6.58.